The minimum Gasteiger partial charge on any atom is -0.481 e. The molecule has 2 aromatic rings. The smallest absolute Gasteiger partial charge is 0.303 e. The maximum absolute atomic E-state index is 10.5. The predicted octanol–water partition coefficient (Wildman–Crippen LogP) is 2.62. The van der Waals surface area contributed by atoms with E-state index in [1.54, 1.807) is 0 Å². The van der Waals surface area contributed by atoms with Gasteiger partial charge in [0.1, 0.15) is 0 Å². The van der Waals surface area contributed by atoms with Gasteiger partial charge >= 0.3 is 5.97 Å². The van der Waals surface area contributed by atoms with E-state index in [0.717, 1.165) is 23.9 Å². The average molecular weight is 272 g/mol. The number of carbonyl (C=O) groups is 1. The second kappa shape index (κ2) is 7.01. The summed E-state index contributed by atoms with van der Waals surface area (Å²) in [7, 11) is 0. The van der Waals surface area contributed by atoms with Crippen LogP contribution in [-0.2, 0) is 11.2 Å². The molecule has 1 heterocycles. The summed E-state index contributed by atoms with van der Waals surface area (Å²) in [6.45, 7) is 2.85. The van der Waals surface area contributed by atoms with Gasteiger partial charge in [0, 0.05) is 24.0 Å². The van der Waals surface area contributed by atoms with Crippen LogP contribution in [0.1, 0.15) is 25.3 Å². The maximum atomic E-state index is 10.5. The first-order valence-corrected chi connectivity index (χ1v) is 6.94. The van der Waals surface area contributed by atoms with Crippen LogP contribution in [0.4, 0.5) is 0 Å². The molecule has 1 aromatic carbocycles. The second-order valence-electron chi connectivity index (χ2n) is 5.03. The summed E-state index contributed by atoms with van der Waals surface area (Å²) in [6.07, 6.45) is 3.58. The van der Waals surface area contributed by atoms with E-state index in [4.69, 9.17) is 5.11 Å². The van der Waals surface area contributed by atoms with E-state index in [1.807, 2.05) is 25.3 Å². The van der Waals surface area contributed by atoms with Gasteiger partial charge in [-0.3, -0.25) is 9.78 Å². The summed E-state index contributed by atoms with van der Waals surface area (Å²) in [4.78, 5) is 14.9. The van der Waals surface area contributed by atoms with E-state index in [2.05, 4.69) is 28.5 Å². The molecule has 2 N–H and O–H groups in total. The fourth-order valence-corrected chi connectivity index (χ4v) is 2.26. The highest BCUT2D eigenvalue weighted by molar-refractivity contribution is 5.81. The highest BCUT2D eigenvalue weighted by atomic mass is 16.4. The van der Waals surface area contributed by atoms with Gasteiger partial charge < -0.3 is 10.4 Å². The lowest BCUT2D eigenvalue weighted by Gasteiger charge is -2.13. The fraction of sp³-hybridized carbons (Fsp3) is 0.375. The van der Waals surface area contributed by atoms with Gasteiger partial charge in [0.25, 0.3) is 0 Å². The van der Waals surface area contributed by atoms with Crippen molar-refractivity contribution < 1.29 is 9.90 Å². The number of hydrogen-bond acceptors (Lipinski definition) is 3. The van der Waals surface area contributed by atoms with E-state index in [9.17, 15) is 4.79 Å². The Balaban J connectivity index is 1.88. The third-order valence-electron chi connectivity index (χ3n) is 3.39. The number of aromatic nitrogens is 1. The first kappa shape index (κ1) is 14.5. The number of benzene rings is 1. The van der Waals surface area contributed by atoms with Gasteiger partial charge in [0.05, 0.1) is 5.52 Å². The number of nitrogens with zero attached hydrogens (tertiary/aromatic N) is 1. The molecule has 2 rings (SSSR count). The lowest BCUT2D eigenvalue weighted by atomic mass is 10.1. The monoisotopic (exact) mass is 272 g/mol. The zero-order valence-electron chi connectivity index (χ0n) is 11.7. The molecule has 0 fully saturated rings. The number of aliphatic carboxylic acids is 1. The molecule has 0 aliphatic rings. The molecule has 0 bridgehead atoms. The van der Waals surface area contributed by atoms with Gasteiger partial charge in [-0.2, -0.15) is 0 Å². The van der Waals surface area contributed by atoms with Gasteiger partial charge in [-0.1, -0.05) is 24.3 Å². The maximum Gasteiger partial charge on any atom is 0.303 e. The third-order valence-corrected chi connectivity index (χ3v) is 3.39. The van der Waals surface area contributed by atoms with Crippen LogP contribution in [0.3, 0.4) is 0 Å². The number of pyridine rings is 1. The summed E-state index contributed by atoms with van der Waals surface area (Å²) in [5, 5.41) is 13.2. The van der Waals surface area contributed by atoms with Crippen LogP contribution in [0, 0.1) is 0 Å². The minimum atomic E-state index is -0.739. The quantitative estimate of drug-likeness (QED) is 0.813. The minimum absolute atomic E-state index is 0.212. The zero-order chi connectivity index (χ0) is 14.4. The topological polar surface area (TPSA) is 62.2 Å². The highest BCUT2D eigenvalue weighted by Gasteiger charge is 2.06. The van der Waals surface area contributed by atoms with E-state index >= 15 is 0 Å². The summed E-state index contributed by atoms with van der Waals surface area (Å²) in [5.74, 6) is -0.739. The Morgan fingerprint density at radius 2 is 2.15 bits per heavy atom. The lowest BCUT2D eigenvalue weighted by molar-refractivity contribution is -0.137. The Labute approximate surface area is 118 Å². The summed E-state index contributed by atoms with van der Waals surface area (Å²) < 4.78 is 0. The van der Waals surface area contributed by atoms with Gasteiger partial charge in [0.2, 0.25) is 0 Å². The first-order valence-electron chi connectivity index (χ1n) is 6.94. The SMILES string of the molecule is CC(CCC(=O)O)NCCc1cccc2cccnc12. The number of rotatable bonds is 7. The van der Waals surface area contributed by atoms with Gasteiger partial charge in [0.15, 0.2) is 0 Å². The van der Waals surface area contributed by atoms with Gasteiger partial charge in [-0.25, -0.2) is 0 Å². The van der Waals surface area contributed by atoms with Crippen molar-refractivity contribution in [2.24, 2.45) is 0 Å². The summed E-state index contributed by atoms with van der Waals surface area (Å²) in [6, 6.07) is 10.4. The molecular formula is C16H20N2O2. The van der Waals surface area contributed by atoms with Crippen molar-refractivity contribution >= 4 is 16.9 Å². The zero-order valence-corrected chi connectivity index (χ0v) is 11.7. The van der Waals surface area contributed by atoms with Crippen molar-refractivity contribution in [1.82, 2.24) is 10.3 Å². The van der Waals surface area contributed by atoms with Crippen molar-refractivity contribution in [3.05, 3.63) is 42.1 Å². The van der Waals surface area contributed by atoms with E-state index in [-0.39, 0.29) is 12.5 Å². The number of nitrogens with one attached hydrogen (secondary N) is 1. The fourth-order valence-electron chi connectivity index (χ4n) is 2.26. The van der Waals surface area contributed by atoms with E-state index in [0.29, 0.717) is 6.42 Å². The molecule has 106 valence electrons. The summed E-state index contributed by atoms with van der Waals surface area (Å²) in [5.41, 5.74) is 2.27. The Morgan fingerprint density at radius 3 is 2.95 bits per heavy atom. The highest BCUT2D eigenvalue weighted by Crippen LogP contribution is 2.16. The van der Waals surface area contributed by atoms with Crippen molar-refractivity contribution in [3.63, 3.8) is 0 Å². The van der Waals surface area contributed by atoms with Crippen LogP contribution in [-0.4, -0.2) is 28.6 Å². The predicted molar refractivity (Wildman–Crippen MR) is 79.8 cm³/mol. The standard InChI is InChI=1S/C16H20N2O2/c1-12(7-8-15(19)20)17-11-9-14-5-2-4-13-6-3-10-18-16(13)14/h2-6,10,12,17H,7-9,11H2,1H3,(H,19,20). The molecule has 0 aliphatic heterocycles. The van der Waals surface area contributed by atoms with E-state index < -0.39 is 5.97 Å². The number of carboxylic acids is 1. The molecule has 0 aliphatic carbocycles. The van der Waals surface area contributed by atoms with Crippen LogP contribution in [0.25, 0.3) is 10.9 Å². The van der Waals surface area contributed by atoms with Crippen molar-refractivity contribution in [2.45, 2.75) is 32.2 Å². The molecule has 0 spiro atoms. The summed E-state index contributed by atoms with van der Waals surface area (Å²) >= 11 is 0. The molecule has 0 saturated carbocycles. The Kier molecular flexibility index (Phi) is 5.07. The lowest BCUT2D eigenvalue weighted by Crippen LogP contribution is -2.28. The van der Waals surface area contributed by atoms with Crippen LogP contribution in [0.2, 0.25) is 0 Å². The number of hydrogen-bond donors (Lipinski definition) is 2. The Morgan fingerprint density at radius 1 is 1.35 bits per heavy atom. The van der Waals surface area contributed by atoms with Gasteiger partial charge in [-0.05, 0) is 37.9 Å². The number of fused-ring (bicyclic) bond motifs is 1. The largest absolute Gasteiger partial charge is 0.481 e. The second-order valence-corrected chi connectivity index (χ2v) is 5.03. The first-order chi connectivity index (χ1) is 9.66. The molecule has 4 heteroatoms. The van der Waals surface area contributed by atoms with Crippen molar-refractivity contribution in [1.29, 1.82) is 0 Å². The van der Waals surface area contributed by atoms with Crippen LogP contribution in [0.15, 0.2) is 36.5 Å². The van der Waals surface area contributed by atoms with Gasteiger partial charge in [-0.15, -0.1) is 0 Å². The third kappa shape index (κ3) is 4.03. The molecule has 20 heavy (non-hydrogen) atoms. The molecule has 0 saturated heterocycles. The van der Waals surface area contributed by atoms with Crippen LogP contribution < -0.4 is 5.32 Å². The van der Waals surface area contributed by atoms with Crippen molar-refractivity contribution in [2.75, 3.05) is 6.54 Å². The van der Waals surface area contributed by atoms with Crippen molar-refractivity contribution in [3.8, 4) is 0 Å². The van der Waals surface area contributed by atoms with Crippen LogP contribution >= 0.6 is 0 Å². The Hall–Kier alpha value is -1.94. The van der Waals surface area contributed by atoms with Crippen LogP contribution in [0.5, 0.6) is 0 Å². The molecule has 0 amide bonds. The molecular weight excluding hydrogens is 252 g/mol. The normalized spacial score (nSPS) is 12.4. The molecule has 1 atom stereocenters. The molecule has 0 radical (unpaired) electrons. The molecule has 4 nitrogen and oxygen atoms in total. The average Bonchev–Trinajstić information content (AvgIpc) is 2.45. The number of para-hydroxylation sites is 1. The molecule has 1 unspecified atom stereocenters. The Bertz CT molecular complexity index is 578. The van der Waals surface area contributed by atoms with E-state index in [1.165, 1.54) is 5.56 Å². The molecule has 1 aromatic heterocycles. The number of carboxylic acid groups (broad SMARTS) is 1.